The van der Waals surface area contributed by atoms with Crippen molar-refractivity contribution in [3.8, 4) is 5.82 Å². The van der Waals surface area contributed by atoms with Crippen LogP contribution in [0.15, 0.2) is 18.6 Å². The highest BCUT2D eigenvalue weighted by atomic mass is 16.5. The van der Waals surface area contributed by atoms with Gasteiger partial charge < -0.3 is 15.6 Å². The number of ether oxygens (including phenoxy) is 1. The summed E-state index contributed by atoms with van der Waals surface area (Å²) in [6.07, 6.45) is 2.46. The lowest BCUT2D eigenvalue weighted by Crippen LogP contribution is -2.10. The summed E-state index contributed by atoms with van der Waals surface area (Å²) in [6.45, 7) is 0. The molecule has 0 saturated carbocycles. The summed E-state index contributed by atoms with van der Waals surface area (Å²) in [5, 5.41) is 12.7. The molecule has 0 amide bonds. The number of nitrogens with zero attached hydrogens (tertiary/aromatic N) is 4. The van der Waals surface area contributed by atoms with Crippen LogP contribution in [0, 0.1) is 0 Å². The highest BCUT2D eigenvalue weighted by molar-refractivity contribution is 5.95. The minimum absolute atomic E-state index is 0.0718. The van der Waals surface area contributed by atoms with Crippen molar-refractivity contribution in [3.63, 3.8) is 0 Å². The SMILES string of the molecule is COC(=O)c1ncn(-c2nccc(C(=O)O)c2N)n1. The van der Waals surface area contributed by atoms with Crippen LogP contribution < -0.4 is 5.73 Å². The third-order valence-electron chi connectivity index (χ3n) is 2.28. The van der Waals surface area contributed by atoms with Crippen molar-refractivity contribution in [2.45, 2.75) is 0 Å². The van der Waals surface area contributed by atoms with Gasteiger partial charge in [0, 0.05) is 6.20 Å². The van der Waals surface area contributed by atoms with Gasteiger partial charge in [-0.15, -0.1) is 5.10 Å². The second kappa shape index (κ2) is 4.72. The fourth-order valence-corrected chi connectivity index (χ4v) is 1.38. The third kappa shape index (κ3) is 2.20. The lowest BCUT2D eigenvalue weighted by Gasteiger charge is -2.05. The molecule has 0 saturated heterocycles. The van der Waals surface area contributed by atoms with E-state index in [0.717, 1.165) is 4.68 Å². The van der Waals surface area contributed by atoms with Crippen LogP contribution in [0.2, 0.25) is 0 Å². The smallest absolute Gasteiger partial charge is 0.377 e. The largest absolute Gasteiger partial charge is 0.478 e. The van der Waals surface area contributed by atoms with Crippen LogP contribution in [0.3, 0.4) is 0 Å². The first-order valence-corrected chi connectivity index (χ1v) is 5.02. The molecule has 0 unspecified atom stereocenters. The van der Waals surface area contributed by atoms with Gasteiger partial charge in [0.15, 0.2) is 5.82 Å². The number of aromatic nitrogens is 4. The molecule has 98 valence electrons. The molecule has 9 heteroatoms. The number of methoxy groups -OCH3 is 1. The van der Waals surface area contributed by atoms with Crippen molar-refractivity contribution in [3.05, 3.63) is 30.0 Å². The fourth-order valence-electron chi connectivity index (χ4n) is 1.38. The molecule has 0 aliphatic carbocycles. The van der Waals surface area contributed by atoms with E-state index < -0.39 is 11.9 Å². The lowest BCUT2D eigenvalue weighted by molar-refractivity contribution is 0.0586. The van der Waals surface area contributed by atoms with Gasteiger partial charge in [0.2, 0.25) is 0 Å². The van der Waals surface area contributed by atoms with Gasteiger partial charge in [-0.3, -0.25) is 0 Å². The third-order valence-corrected chi connectivity index (χ3v) is 2.28. The Kier molecular flexibility index (Phi) is 3.10. The van der Waals surface area contributed by atoms with Gasteiger partial charge in [0.1, 0.15) is 6.33 Å². The Labute approximate surface area is 106 Å². The average molecular weight is 263 g/mol. The van der Waals surface area contributed by atoms with E-state index in [1.165, 1.54) is 25.7 Å². The van der Waals surface area contributed by atoms with E-state index >= 15 is 0 Å². The molecule has 0 bridgehead atoms. The number of aromatic carboxylic acids is 1. The summed E-state index contributed by atoms with van der Waals surface area (Å²) in [5.74, 6) is -2.01. The number of nitrogen functional groups attached to an aromatic ring is 1. The van der Waals surface area contributed by atoms with Crippen molar-refractivity contribution in [1.82, 2.24) is 19.7 Å². The summed E-state index contributed by atoms with van der Waals surface area (Å²) in [7, 11) is 1.20. The first-order chi connectivity index (χ1) is 9.04. The Morgan fingerprint density at radius 2 is 2.16 bits per heavy atom. The van der Waals surface area contributed by atoms with Crippen LogP contribution >= 0.6 is 0 Å². The van der Waals surface area contributed by atoms with Gasteiger partial charge in [0.25, 0.3) is 5.82 Å². The van der Waals surface area contributed by atoms with Crippen molar-refractivity contribution < 1.29 is 19.4 Å². The quantitative estimate of drug-likeness (QED) is 0.723. The molecule has 2 heterocycles. The maximum atomic E-state index is 11.2. The standard InChI is InChI=1S/C10H9N5O4/c1-19-10(18)7-13-4-15(14-7)8-6(11)5(9(16)17)2-3-12-8/h2-4H,11H2,1H3,(H,16,17). The molecule has 3 N–H and O–H groups in total. The number of nitrogens with two attached hydrogens (primary N) is 1. The molecule has 9 nitrogen and oxygen atoms in total. The van der Waals surface area contributed by atoms with Gasteiger partial charge in [-0.05, 0) is 6.07 Å². The van der Waals surface area contributed by atoms with E-state index in [2.05, 4.69) is 19.8 Å². The Hall–Kier alpha value is -2.97. The molecule has 19 heavy (non-hydrogen) atoms. The number of carboxylic acid groups (broad SMARTS) is 1. The Bertz CT molecular complexity index is 651. The zero-order valence-electron chi connectivity index (χ0n) is 9.77. The summed E-state index contributed by atoms with van der Waals surface area (Å²) in [5.41, 5.74) is 5.50. The van der Waals surface area contributed by atoms with Crippen LogP contribution in [0.25, 0.3) is 5.82 Å². The number of hydrogen-bond acceptors (Lipinski definition) is 7. The highest BCUT2D eigenvalue weighted by Crippen LogP contribution is 2.18. The predicted molar refractivity (Wildman–Crippen MR) is 61.9 cm³/mol. The topological polar surface area (TPSA) is 133 Å². The monoisotopic (exact) mass is 263 g/mol. The minimum Gasteiger partial charge on any atom is -0.478 e. The summed E-state index contributed by atoms with van der Waals surface area (Å²) in [4.78, 5) is 29.8. The molecule has 0 spiro atoms. The van der Waals surface area contributed by atoms with Crippen molar-refractivity contribution >= 4 is 17.6 Å². The van der Waals surface area contributed by atoms with Crippen molar-refractivity contribution in [2.75, 3.05) is 12.8 Å². The summed E-state index contributed by atoms with van der Waals surface area (Å²) >= 11 is 0. The number of pyridine rings is 1. The number of hydrogen-bond donors (Lipinski definition) is 2. The summed E-state index contributed by atoms with van der Waals surface area (Å²) < 4.78 is 5.56. The van der Waals surface area contributed by atoms with Gasteiger partial charge in [-0.25, -0.2) is 19.6 Å². The first kappa shape index (κ1) is 12.5. The van der Waals surface area contributed by atoms with E-state index in [-0.39, 0.29) is 22.9 Å². The van der Waals surface area contributed by atoms with Crippen molar-refractivity contribution in [2.24, 2.45) is 0 Å². The van der Waals surface area contributed by atoms with Crippen LogP contribution in [0.1, 0.15) is 21.0 Å². The molecule has 0 aliphatic rings. The number of carbonyl (C=O) groups excluding carboxylic acids is 1. The second-order valence-corrected chi connectivity index (χ2v) is 3.41. The normalized spacial score (nSPS) is 10.2. The van der Waals surface area contributed by atoms with E-state index in [1.807, 2.05) is 0 Å². The van der Waals surface area contributed by atoms with Crippen LogP contribution in [-0.4, -0.2) is 43.9 Å². The fraction of sp³-hybridized carbons (Fsp3) is 0.100. The number of esters is 1. The number of carboxylic acids is 1. The Morgan fingerprint density at radius 3 is 2.79 bits per heavy atom. The Morgan fingerprint density at radius 1 is 1.42 bits per heavy atom. The van der Waals surface area contributed by atoms with Crippen molar-refractivity contribution in [1.29, 1.82) is 0 Å². The molecular formula is C10H9N5O4. The molecule has 0 radical (unpaired) electrons. The zero-order chi connectivity index (χ0) is 14.0. The van der Waals surface area contributed by atoms with E-state index in [4.69, 9.17) is 10.8 Å². The van der Waals surface area contributed by atoms with Crippen LogP contribution in [-0.2, 0) is 4.74 Å². The Balaban J connectivity index is 2.48. The molecular weight excluding hydrogens is 254 g/mol. The summed E-state index contributed by atoms with van der Waals surface area (Å²) in [6, 6.07) is 1.26. The molecule has 2 aromatic heterocycles. The molecule has 0 atom stereocenters. The number of anilines is 1. The van der Waals surface area contributed by atoms with Crippen LogP contribution in [0.4, 0.5) is 5.69 Å². The average Bonchev–Trinajstić information content (AvgIpc) is 2.87. The van der Waals surface area contributed by atoms with Gasteiger partial charge in [-0.1, -0.05) is 0 Å². The maximum Gasteiger partial charge on any atom is 0.377 e. The number of carbonyl (C=O) groups is 2. The van der Waals surface area contributed by atoms with E-state index in [1.54, 1.807) is 0 Å². The molecule has 2 rings (SSSR count). The number of rotatable bonds is 3. The highest BCUT2D eigenvalue weighted by Gasteiger charge is 2.17. The van der Waals surface area contributed by atoms with Gasteiger partial charge in [-0.2, -0.15) is 4.68 Å². The second-order valence-electron chi connectivity index (χ2n) is 3.41. The molecule has 2 aromatic rings. The van der Waals surface area contributed by atoms with E-state index in [0.29, 0.717) is 0 Å². The maximum absolute atomic E-state index is 11.2. The minimum atomic E-state index is -1.19. The molecule has 0 aromatic carbocycles. The van der Waals surface area contributed by atoms with Gasteiger partial charge in [0.05, 0.1) is 18.4 Å². The first-order valence-electron chi connectivity index (χ1n) is 5.02. The van der Waals surface area contributed by atoms with E-state index in [9.17, 15) is 9.59 Å². The lowest BCUT2D eigenvalue weighted by atomic mass is 10.2. The van der Waals surface area contributed by atoms with Crippen LogP contribution in [0.5, 0.6) is 0 Å². The predicted octanol–water partition coefficient (Wildman–Crippen LogP) is -0.271. The van der Waals surface area contributed by atoms with Gasteiger partial charge >= 0.3 is 11.9 Å². The zero-order valence-corrected chi connectivity index (χ0v) is 9.77. The molecule has 0 aliphatic heterocycles. The molecule has 0 fully saturated rings.